The lowest BCUT2D eigenvalue weighted by Gasteiger charge is -2.20. The van der Waals surface area contributed by atoms with Crippen molar-refractivity contribution >= 4 is 29.6 Å². The Morgan fingerprint density at radius 1 is 1.00 bits per heavy atom. The Morgan fingerprint density at radius 3 is 2.33 bits per heavy atom. The number of carbonyl (C=O) groups is 2. The quantitative estimate of drug-likeness (QED) is 0.294. The van der Waals surface area contributed by atoms with Gasteiger partial charge in [0.15, 0.2) is 11.5 Å². The number of methoxy groups -OCH3 is 1. The summed E-state index contributed by atoms with van der Waals surface area (Å²) in [6.45, 7) is 6.14. The van der Waals surface area contributed by atoms with E-state index in [2.05, 4.69) is 15.8 Å². The minimum Gasteiger partial charge on any atom is -0.493 e. The number of benzene rings is 3. The van der Waals surface area contributed by atoms with Crippen molar-refractivity contribution in [3.63, 3.8) is 0 Å². The van der Waals surface area contributed by atoms with Gasteiger partial charge in [0.1, 0.15) is 12.6 Å². The van der Waals surface area contributed by atoms with E-state index >= 15 is 0 Å². The monoisotopic (exact) mass is 507 g/mol. The standard InChI is InChI=1S/C28H30ClN3O4/c1-18(2)26(31-27(33)22-10-12-23(29)13-11-22)28(34)32-30-16-21-9-14-24(25(15-21)35-4)36-17-20-7-5-19(3)6-8-20/h5-16,18,26H,17H2,1-4H3,(H,31,33)(H,32,34). The van der Waals surface area contributed by atoms with E-state index in [1.807, 2.05) is 51.1 Å². The lowest BCUT2D eigenvalue weighted by atomic mass is 10.0. The number of hydrazone groups is 1. The third-order valence-corrected chi connectivity index (χ3v) is 5.69. The van der Waals surface area contributed by atoms with Crippen molar-refractivity contribution in [2.75, 3.05) is 7.11 Å². The van der Waals surface area contributed by atoms with Crippen molar-refractivity contribution in [2.45, 2.75) is 33.4 Å². The van der Waals surface area contributed by atoms with Crippen LogP contribution in [-0.4, -0.2) is 31.2 Å². The normalized spacial score (nSPS) is 11.8. The van der Waals surface area contributed by atoms with Gasteiger partial charge in [-0.15, -0.1) is 0 Å². The Kier molecular flexibility index (Phi) is 9.47. The number of halogens is 1. The highest BCUT2D eigenvalue weighted by atomic mass is 35.5. The van der Waals surface area contributed by atoms with Crippen LogP contribution >= 0.6 is 11.6 Å². The highest BCUT2D eigenvalue weighted by Crippen LogP contribution is 2.28. The largest absolute Gasteiger partial charge is 0.493 e. The first kappa shape index (κ1) is 26.8. The number of rotatable bonds is 10. The molecule has 0 aliphatic rings. The molecule has 0 aliphatic heterocycles. The van der Waals surface area contributed by atoms with Crippen LogP contribution in [0.2, 0.25) is 5.02 Å². The number of aryl methyl sites for hydroxylation is 1. The Morgan fingerprint density at radius 2 is 1.69 bits per heavy atom. The summed E-state index contributed by atoms with van der Waals surface area (Å²) in [6.07, 6.45) is 1.50. The fourth-order valence-corrected chi connectivity index (χ4v) is 3.46. The molecule has 1 unspecified atom stereocenters. The molecule has 36 heavy (non-hydrogen) atoms. The fourth-order valence-electron chi connectivity index (χ4n) is 3.33. The lowest BCUT2D eigenvalue weighted by Crippen LogP contribution is -2.48. The van der Waals surface area contributed by atoms with Crippen molar-refractivity contribution in [3.05, 3.63) is 94.0 Å². The Labute approximate surface area is 216 Å². The number of hydrogen-bond acceptors (Lipinski definition) is 5. The summed E-state index contributed by atoms with van der Waals surface area (Å²) in [7, 11) is 1.56. The summed E-state index contributed by atoms with van der Waals surface area (Å²) < 4.78 is 11.4. The van der Waals surface area contributed by atoms with Crippen LogP contribution in [0.15, 0.2) is 71.8 Å². The second-order valence-electron chi connectivity index (χ2n) is 8.62. The highest BCUT2D eigenvalue weighted by molar-refractivity contribution is 6.30. The van der Waals surface area contributed by atoms with Gasteiger partial charge in [-0.1, -0.05) is 55.3 Å². The molecule has 188 valence electrons. The van der Waals surface area contributed by atoms with Gasteiger partial charge in [0.25, 0.3) is 11.8 Å². The van der Waals surface area contributed by atoms with Gasteiger partial charge in [-0.3, -0.25) is 9.59 Å². The summed E-state index contributed by atoms with van der Waals surface area (Å²) >= 11 is 5.88. The molecule has 0 saturated heterocycles. The third-order valence-electron chi connectivity index (χ3n) is 5.43. The average Bonchev–Trinajstić information content (AvgIpc) is 2.87. The summed E-state index contributed by atoms with van der Waals surface area (Å²) in [5.74, 6) is 0.210. The van der Waals surface area contributed by atoms with Crippen LogP contribution in [-0.2, 0) is 11.4 Å². The van der Waals surface area contributed by atoms with Gasteiger partial charge >= 0.3 is 0 Å². The molecule has 0 bridgehead atoms. The molecule has 8 heteroatoms. The van der Waals surface area contributed by atoms with Crippen LogP contribution in [0.1, 0.15) is 40.9 Å². The molecule has 2 amide bonds. The molecule has 0 heterocycles. The second-order valence-corrected chi connectivity index (χ2v) is 9.06. The first-order valence-electron chi connectivity index (χ1n) is 11.5. The first-order chi connectivity index (χ1) is 17.3. The molecule has 3 rings (SSSR count). The molecule has 0 saturated carbocycles. The highest BCUT2D eigenvalue weighted by Gasteiger charge is 2.24. The Bertz CT molecular complexity index is 1210. The number of ether oxygens (including phenoxy) is 2. The number of hydrogen-bond donors (Lipinski definition) is 2. The maximum Gasteiger partial charge on any atom is 0.262 e. The number of carbonyl (C=O) groups excluding carboxylic acids is 2. The maximum absolute atomic E-state index is 12.7. The molecule has 0 radical (unpaired) electrons. The molecule has 1 atom stereocenters. The zero-order valence-electron chi connectivity index (χ0n) is 20.7. The number of amides is 2. The van der Waals surface area contributed by atoms with Gasteiger partial charge in [-0.2, -0.15) is 5.10 Å². The SMILES string of the molecule is COc1cc(C=NNC(=O)C(NC(=O)c2ccc(Cl)cc2)C(C)C)ccc1OCc1ccc(C)cc1. The van der Waals surface area contributed by atoms with Crippen LogP contribution in [0.4, 0.5) is 0 Å². The zero-order valence-corrected chi connectivity index (χ0v) is 21.5. The molecule has 0 aliphatic carbocycles. The topological polar surface area (TPSA) is 89.0 Å². The number of nitrogens with one attached hydrogen (secondary N) is 2. The second kappa shape index (κ2) is 12.7. The predicted octanol–water partition coefficient (Wildman–Crippen LogP) is 5.14. The minimum absolute atomic E-state index is 0.151. The summed E-state index contributed by atoms with van der Waals surface area (Å²) in [5, 5.41) is 7.34. The molecular formula is C28H30ClN3O4. The van der Waals surface area contributed by atoms with Crippen molar-refractivity contribution < 1.29 is 19.1 Å². The third kappa shape index (κ3) is 7.58. The molecule has 0 spiro atoms. The van der Waals surface area contributed by atoms with E-state index in [1.165, 1.54) is 11.8 Å². The van der Waals surface area contributed by atoms with Crippen molar-refractivity contribution in [2.24, 2.45) is 11.0 Å². The van der Waals surface area contributed by atoms with E-state index in [0.29, 0.717) is 34.3 Å². The van der Waals surface area contributed by atoms with E-state index in [0.717, 1.165) is 5.56 Å². The molecular weight excluding hydrogens is 478 g/mol. The predicted molar refractivity (Wildman–Crippen MR) is 142 cm³/mol. The molecule has 0 aromatic heterocycles. The molecule has 3 aromatic rings. The summed E-state index contributed by atoms with van der Waals surface area (Å²) in [5.41, 5.74) is 5.87. The maximum atomic E-state index is 12.7. The smallest absolute Gasteiger partial charge is 0.262 e. The van der Waals surface area contributed by atoms with Crippen molar-refractivity contribution in [1.82, 2.24) is 10.7 Å². The lowest BCUT2D eigenvalue weighted by molar-refractivity contribution is -0.123. The van der Waals surface area contributed by atoms with Gasteiger partial charge in [0.05, 0.1) is 13.3 Å². The van der Waals surface area contributed by atoms with Crippen LogP contribution in [0.3, 0.4) is 0 Å². The van der Waals surface area contributed by atoms with Crippen LogP contribution in [0, 0.1) is 12.8 Å². The van der Waals surface area contributed by atoms with Crippen LogP contribution in [0.5, 0.6) is 11.5 Å². The van der Waals surface area contributed by atoms with Gasteiger partial charge < -0.3 is 14.8 Å². The van der Waals surface area contributed by atoms with Gasteiger partial charge in [0, 0.05) is 10.6 Å². The first-order valence-corrected chi connectivity index (χ1v) is 11.9. The minimum atomic E-state index is -0.766. The Balaban J connectivity index is 1.60. The summed E-state index contributed by atoms with van der Waals surface area (Å²) in [6, 6.07) is 19.2. The van der Waals surface area contributed by atoms with E-state index in [-0.39, 0.29) is 11.8 Å². The van der Waals surface area contributed by atoms with Gasteiger partial charge in [-0.25, -0.2) is 5.43 Å². The molecule has 3 aromatic carbocycles. The Hall–Kier alpha value is -3.84. The zero-order chi connectivity index (χ0) is 26.1. The van der Waals surface area contributed by atoms with Crippen molar-refractivity contribution in [3.8, 4) is 11.5 Å². The van der Waals surface area contributed by atoms with Crippen LogP contribution in [0.25, 0.3) is 0 Å². The molecule has 2 N–H and O–H groups in total. The van der Waals surface area contributed by atoms with Crippen LogP contribution < -0.4 is 20.2 Å². The average molecular weight is 508 g/mol. The fraction of sp³-hybridized carbons (Fsp3) is 0.250. The van der Waals surface area contributed by atoms with E-state index < -0.39 is 11.9 Å². The van der Waals surface area contributed by atoms with E-state index in [1.54, 1.807) is 43.5 Å². The summed E-state index contributed by atoms with van der Waals surface area (Å²) in [4.78, 5) is 25.2. The van der Waals surface area contributed by atoms with E-state index in [9.17, 15) is 9.59 Å². The number of nitrogens with zero attached hydrogens (tertiary/aromatic N) is 1. The molecule has 0 fully saturated rings. The van der Waals surface area contributed by atoms with Gasteiger partial charge in [-0.05, 0) is 66.4 Å². The molecule has 7 nitrogen and oxygen atoms in total. The van der Waals surface area contributed by atoms with E-state index in [4.69, 9.17) is 21.1 Å². The van der Waals surface area contributed by atoms with Gasteiger partial charge in [0.2, 0.25) is 0 Å². The van der Waals surface area contributed by atoms with Crippen molar-refractivity contribution in [1.29, 1.82) is 0 Å².